The zero-order chi connectivity index (χ0) is 9.26. The van der Waals surface area contributed by atoms with Gasteiger partial charge in [0.15, 0.2) is 0 Å². The monoisotopic (exact) mass is 285 g/mol. The number of halogens is 1. The average molecular weight is 285 g/mol. The highest BCUT2D eigenvalue weighted by Gasteiger charge is 2.06. The number of aromatic nitrogens is 3. The highest BCUT2D eigenvalue weighted by Crippen LogP contribution is 2.21. The predicted molar refractivity (Wildman–Crippen MR) is 59.2 cm³/mol. The molecule has 66 valence electrons. The predicted octanol–water partition coefficient (Wildman–Crippen LogP) is 2.09. The number of nitrogens with zero attached hydrogens (tertiary/aromatic N) is 3. The molecular formula is C9H8IN3. The lowest BCUT2D eigenvalue weighted by atomic mass is 10.2. The molecule has 2 rings (SSSR count). The highest BCUT2D eigenvalue weighted by molar-refractivity contribution is 14.1. The van der Waals surface area contributed by atoms with Crippen LogP contribution in [0, 0.1) is 3.57 Å². The van der Waals surface area contributed by atoms with E-state index in [-0.39, 0.29) is 0 Å². The summed E-state index contributed by atoms with van der Waals surface area (Å²) in [6.07, 6.45) is 5.58. The van der Waals surface area contributed by atoms with Gasteiger partial charge in [-0.25, -0.2) is 0 Å². The number of hydrogen-bond acceptors (Lipinski definition) is 2. The van der Waals surface area contributed by atoms with Gasteiger partial charge in [0.2, 0.25) is 0 Å². The second-order valence-electron chi connectivity index (χ2n) is 2.74. The Morgan fingerprint density at radius 3 is 2.85 bits per heavy atom. The van der Waals surface area contributed by atoms with Crippen LogP contribution in [0.5, 0.6) is 0 Å². The molecule has 2 aromatic heterocycles. The van der Waals surface area contributed by atoms with Crippen molar-refractivity contribution in [3.63, 3.8) is 0 Å². The van der Waals surface area contributed by atoms with Crippen LogP contribution in [-0.2, 0) is 7.05 Å². The lowest BCUT2D eigenvalue weighted by Crippen LogP contribution is -1.87. The molecule has 0 unspecified atom stereocenters. The first kappa shape index (κ1) is 8.68. The lowest BCUT2D eigenvalue weighted by molar-refractivity contribution is 0.770. The van der Waals surface area contributed by atoms with Gasteiger partial charge < -0.3 is 0 Å². The van der Waals surface area contributed by atoms with Crippen LogP contribution in [0.15, 0.2) is 30.7 Å². The summed E-state index contributed by atoms with van der Waals surface area (Å²) in [7, 11) is 1.92. The van der Waals surface area contributed by atoms with Gasteiger partial charge in [-0.05, 0) is 34.7 Å². The zero-order valence-electron chi connectivity index (χ0n) is 7.11. The molecule has 3 nitrogen and oxygen atoms in total. The van der Waals surface area contributed by atoms with Gasteiger partial charge in [-0.1, -0.05) is 0 Å². The first-order valence-electron chi connectivity index (χ1n) is 3.87. The Morgan fingerprint density at radius 1 is 1.46 bits per heavy atom. The third-order valence-corrected chi connectivity index (χ3v) is 2.51. The third kappa shape index (κ3) is 1.72. The molecule has 0 saturated heterocycles. The number of rotatable bonds is 1. The van der Waals surface area contributed by atoms with Gasteiger partial charge in [0.1, 0.15) is 5.69 Å². The minimum atomic E-state index is 0.996. The van der Waals surface area contributed by atoms with Crippen LogP contribution >= 0.6 is 22.6 Å². The van der Waals surface area contributed by atoms with E-state index in [1.54, 1.807) is 6.20 Å². The van der Waals surface area contributed by atoms with Gasteiger partial charge >= 0.3 is 0 Å². The van der Waals surface area contributed by atoms with Crippen LogP contribution in [-0.4, -0.2) is 14.8 Å². The summed E-state index contributed by atoms with van der Waals surface area (Å²) in [5.41, 5.74) is 2.06. The number of pyridine rings is 1. The van der Waals surface area contributed by atoms with Crippen LogP contribution in [0.3, 0.4) is 0 Å². The maximum absolute atomic E-state index is 4.35. The Hall–Kier alpha value is -0.910. The smallest absolute Gasteiger partial charge is 0.107 e. The normalized spacial score (nSPS) is 10.3. The fourth-order valence-electron chi connectivity index (χ4n) is 1.16. The van der Waals surface area contributed by atoms with Crippen LogP contribution in [0.1, 0.15) is 0 Å². The second-order valence-corrected chi connectivity index (χ2v) is 3.90. The molecule has 0 saturated carbocycles. The van der Waals surface area contributed by atoms with Crippen molar-refractivity contribution in [1.29, 1.82) is 0 Å². The number of hydrogen-bond donors (Lipinski definition) is 0. The fraction of sp³-hybridized carbons (Fsp3) is 0.111. The molecule has 0 radical (unpaired) electrons. The summed E-state index contributed by atoms with van der Waals surface area (Å²) in [5.74, 6) is 0. The maximum Gasteiger partial charge on any atom is 0.107 e. The van der Waals surface area contributed by atoms with Crippen LogP contribution in [0.25, 0.3) is 11.3 Å². The van der Waals surface area contributed by atoms with Crippen molar-refractivity contribution in [2.75, 3.05) is 0 Å². The second kappa shape index (κ2) is 3.45. The zero-order valence-corrected chi connectivity index (χ0v) is 9.26. The van der Waals surface area contributed by atoms with E-state index in [4.69, 9.17) is 0 Å². The molecule has 0 fully saturated rings. The topological polar surface area (TPSA) is 30.7 Å². The molecule has 0 N–H and O–H groups in total. The molecule has 0 atom stereocenters. The number of aryl methyl sites for hydroxylation is 1. The Labute approximate surface area is 89.9 Å². The molecule has 4 heteroatoms. The molecule has 0 aromatic carbocycles. The van der Waals surface area contributed by atoms with E-state index >= 15 is 0 Å². The van der Waals surface area contributed by atoms with E-state index in [0.717, 1.165) is 14.8 Å². The van der Waals surface area contributed by atoms with Gasteiger partial charge in [-0.15, -0.1) is 0 Å². The van der Waals surface area contributed by atoms with Gasteiger partial charge in [0.25, 0.3) is 0 Å². The molecule has 2 heterocycles. The summed E-state index contributed by atoms with van der Waals surface area (Å²) >= 11 is 2.27. The summed E-state index contributed by atoms with van der Waals surface area (Å²) in [4.78, 5) is 4.06. The van der Waals surface area contributed by atoms with E-state index in [1.165, 1.54) is 0 Å². The van der Waals surface area contributed by atoms with E-state index in [1.807, 2.05) is 36.3 Å². The van der Waals surface area contributed by atoms with Gasteiger partial charge in [-0.2, -0.15) is 5.10 Å². The standard InChI is InChI=1S/C9H8IN3/c1-13-6-8(10)9(12-13)7-3-2-4-11-5-7/h2-6H,1H3. The summed E-state index contributed by atoms with van der Waals surface area (Å²) in [6.45, 7) is 0. The lowest BCUT2D eigenvalue weighted by Gasteiger charge is -1.94. The van der Waals surface area contributed by atoms with Crippen molar-refractivity contribution >= 4 is 22.6 Å². The van der Waals surface area contributed by atoms with Gasteiger partial charge in [-0.3, -0.25) is 9.67 Å². The van der Waals surface area contributed by atoms with Gasteiger partial charge in [0, 0.05) is 31.2 Å². The van der Waals surface area contributed by atoms with Crippen LogP contribution in [0.4, 0.5) is 0 Å². The molecule has 0 bridgehead atoms. The molecule has 0 aliphatic carbocycles. The van der Waals surface area contributed by atoms with Crippen molar-refractivity contribution in [2.45, 2.75) is 0 Å². The summed E-state index contributed by atoms with van der Waals surface area (Å²) in [5, 5.41) is 4.35. The Kier molecular flexibility index (Phi) is 2.30. The minimum absolute atomic E-state index is 0.996. The van der Waals surface area contributed by atoms with Crippen molar-refractivity contribution in [3.05, 3.63) is 34.3 Å². The Morgan fingerprint density at radius 2 is 2.31 bits per heavy atom. The summed E-state index contributed by atoms with van der Waals surface area (Å²) < 4.78 is 2.96. The molecule has 0 amide bonds. The Balaban J connectivity index is 2.53. The highest BCUT2D eigenvalue weighted by atomic mass is 127. The molecule has 0 spiro atoms. The summed E-state index contributed by atoms with van der Waals surface area (Å²) in [6, 6.07) is 3.93. The maximum atomic E-state index is 4.35. The van der Waals surface area contributed by atoms with Gasteiger partial charge in [0.05, 0.1) is 3.57 Å². The molecule has 0 aliphatic heterocycles. The molecular weight excluding hydrogens is 277 g/mol. The fourth-order valence-corrected chi connectivity index (χ4v) is 1.98. The Bertz CT molecular complexity index is 408. The first-order chi connectivity index (χ1) is 6.27. The minimum Gasteiger partial charge on any atom is -0.274 e. The molecule has 13 heavy (non-hydrogen) atoms. The van der Waals surface area contributed by atoms with E-state index in [0.29, 0.717) is 0 Å². The van der Waals surface area contributed by atoms with E-state index in [2.05, 4.69) is 32.7 Å². The van der Waals surface area contributed by atoms with Crippen molar-refractivity contribution in [1.82, 2.24) is 14.8 Å². The van der Waals surface area contributed by atoms with E-state index in [9.17, 15) is 0 Å². The largest absolute Gasteiger partial charge is 0.274 e. The van der Waals surface area contributed by atoms with E-state index < -0.39 is 0 Å². The molecule has 2 aromatic rings. The third-order valence-electron chi connectivity index (χ3n) is 1.72. The quantitative estimate of drug-likeness (QED) is 0.751. The van der Waals surface area contributed by atoms with Crippen molar-refractivity contribution in [2.24, 2.45) is 7.05 Å². The van der Waals surface area contributed by atoms with Crippen molar-refractivity contribution < 1.29 is 0 Å². The van der Waals surface area contributed by atoms with Crippen LogP contribution in [0.2, 0.25) is 0 Å². The SMILES string of the molecule is Cn1cc(I)c(-c2cccnc2)n1. The molecule has 0 aliphatic rings. The van der Waals surface area contributed by atoms with Crippen LogP contribution < -0.4 is 0 Å². The first-order valence-corrected chi connectivity index (χ1v) is 4.95. The average Bonchev–Trinajstić information content (AvgIpc) is 2.47. The van der Waals surface area contributed by atoms with Crippen molar-refractivity contribution in [3.8, 4) is 11.3 Å².